The van der Waals surface area contributed by atoms with Crippen LogP contribution in [0, 0.1) is 0 Å². The van der Waals surface area contributed by atoms with Gasteiger partial charge in [-0.1, -0.05) is 30.3 Å². The maximum Gasteiger partial charge on any atom is 0.339 e. The molecule has 0 heterocycles. The van der Waals surface area contributed by atoms with Gasteiger partial charge in [0.05, 0.1) is 6.54 Å². The van der Waals surface area contributed by atoms with Crippen molar-refractivity contribution in [3.63, 3.8) is 0 Å². The third-order valence-corrected chi connectivity index (χ3v) is 22.0. The zero-order valence-corrected chi connectivity index (χ0v) is 38.1. The Morgan fingerprint density at radius 3 is 0.693 bits per heavy atom. The number of halogens is 39. The summed E-state index contributed by atoms with van der Waals surface area (Å²) in [4.78, 5) is 2.83. The number of alkyl halides is 39. The molecule has 1 aromatic rings. The predicted octanol–water partition coefficient (Wildman–Crippen LogP) is 13.4. The summed E-state index contributed by atoms with van der Waals surface area (Å²) in [5.41, 5.74) is 11.6. The molecule has 43 heteroatoms. The second-order valence-corrected chi connectivity index (χ2v) is 25.5. The Kier molecular flexibility index (Phi) is 19.4. The first-order chi connectivity index (χ1) is 32.1. The van der Waals surface area contributed by atoms with Gasteiger partial charge in [-0.3, -0.25) is 16.5 Å². The van der Waals surface area contributed by atoms with Crippen molar-refractivity contribution < 1.29 is 176 Å². The van der Waals surface area contributed by atoms with Crippen molar-refractivity contribution >= 4 is 25.7 Å². The number of hydrogen-bond acceptors (Lipinski definition) is 0. The minimum atomic E-state index is -9.38. The second kappa shape index (κ2) is 20.3. The van der Waals surface area contributed by atoms with Crippen LogP contribution in [-0.2, 0) is 6.54 Å². The number of nitrogens with two attached hydrogens (primary N) is 2. The van der Waals surface area contributed by atoms with Crippen LogP contribution in [0.5, 0.6) is 0 Å². The van der Waals surface area contributed by atoms with Crippen LogP contribution < -0.4 is 16.5 Å². The van der Waals surface area contributed by atoms with Gasteiger partial charge in [0.1, 0.15) is 0 Å². The van der Waals surface area contributed by atoms with E-state index >= 15 is 26.3 Å². The molecule has 0 saturated heterocycles. The van der Waals surface area contributed by atoms with Crippen molar-refractivity contribution in [1.82, 2.24) is 0 Å². The summed E-state index contributed by atoms with van der Waals surface area (Å²) in [6.07, 6.45) is -25.1. The molecule has 0 fully saturated rings. The molecule has 443 valence electrons. The maximum absolute atomic E-state index is 15.2. The van der Waals surface area contributed by atoms with Gasteiger partial charge in [-0.15, -0.1) is 0 Å². The third-order valence-electron chi connectivity index (χ3n) is 10.3. The van der Waals surface area contributed by atoms with Gasteiger partial charge >= 0.3 is 337 Å². The van der Waals surface area contributed by atoms with Gasteiger partial charge in [-0.2, -0.15) is 0 Å². The molecule has 0 saturated carbocycles. The molecule has 0 spiro atoms. The molecular weight excluding hydrogens is 1290 g/mol. The van der Waals surface area contributed by atoms with Crippen LogP contribution in [0.15, 0.2) is 30.3 Å². The van der Waals surface area contributed by atoms with Crippen LogP contribution in [0.25, 0.3) is 0 Å². The fourth-order valence-corrected chi connectivity index (χ4v) is 17.3. The Morgan fingerprint density at radius 2 is 0.520 bits per heavy atom. The smallest absolute Gasteiger partial charge is 0.291 e. The minimum Gasteiger partial charge on any atom is -0.291 e. The molecule has 3 nitrogen and oxygen atoms in total. The first kappa shape index (κ1) is 71.6. The Morgan fingerprint density at radius 1 is 0.333 bits per heavy atom. The Labute approximate surface area is 395 Å². The third kappa shape index (κ3) is 10.9. The molecule has 5 N–H and O–H groups in total. The van der Waals surface area contributed by atoms with Gasteiger partial charge in [-0.25, -0.2) is 0 Å². The number of nitrogens with one attached hydrogen (secondary N) is 1. The topological polar surface area (TPSA) is 66.0 Å². The Bertz CT molecular complexity index is 1910. The van der Waals surface area contributed by atoms with Crippen LogP contribution in [0.4, 0.5) is 171 Å². The minimum absolute atomic E-state index is 0.258. The fraction of sp³-hybridized carbons (Fsp3) is 0.781. The largest absolute Gasteiger partial charge is 0.339 e. The summed E-state index contributed by atoms with van der Waals surface area (Å²) in [6.45, 7) is -4.64. The summed E-state index contributed by atoms with van der Waals surface area (Å²) in [7, 11) is 0. The summed E-state index contributed by atoms with van der Waals surface area (Å²) in [5.74, 6) is -135. The quantitative estimate of drug-likeness (QED) is 0.0527. The van der Waals surface area contributed by atoms with Gasteiger partial charge in [0, 0.05) is 0 Å². The molecule has 1 rings (SSSR count). The molecule has 3 unspecified atom stereocenters. The summed E-state index contributed by atoms with van der Waals surface area (Å²) < 4.78 is 520. The molecular formula is C32H24F39N3Sn+. The Balaban J connectivity index is 0.00000437. The van der Waals surface area contributed by atoms with E-state index in [2.05, 4.69) is 4.99 Å². The van der Waals surface area contributed by atoms with Gasteiger partial charge in [-0.05, 0) is 5.56 Å². The molecule has 0 amide bonds. The van der Waals surface area contributed by atoms with Crippen molar-refractivity contribution in [3.8, 4) is 0 Å². The van der Waals surface area contributed by atoms with Gasteiger partial charge in [0.15, 0.2) is 0 Å². The molecule has 0 aromatic heterocycles. The molecule has 0 aliphatic heterocycles. The molecule has 1 aromatic carbocycles. The van der Waals surface area contributed by atoms with Crippen molar-refractivity contribution in [2.75, 3.05) is 0 Å². The van der Waals surface area contributed by atoms with Crippen LogP contribution in [-0.4, -0.2) is 133 Å². The van der Waals surface area contributed by atoms with Gasteiger partial charge < -0.3 is 0 Å². The number of rotatable bonds is 20. The van der Waals surface area contributed by atoms with Crippen LogP contribution in [0.2, 0.25) is 11.8 Å². The predicted molar refractivity (Wildman–Crippen MR) is 171 cm³/mol. The van der Waals surface area contributed by atoms with E-state index in [1.165, 1.54) is 5.56 Å². The molecule has 3 atom stereocenters. The molecule has 75 heavy (non-hydrogen) atoms. The van der Waals surface area contributed by atoms with E-state index < -0.39 is 160 Å². The van der Waals surface area contributed by atoms with Gasteiger partial charge in [0.25, 0.3) is 0 Å². The summed E-state index contributed by atoms with van der Waals surface area (Å²) >= 11 is -9.38. The van der Waals surface area contributed by atoms with Crippen molar-refractivity contribution in [1.29, 1.82) is 0 Å². The summed E-state index contributed by atoms with van der Waals surface area (Å²) in [5, 5.41) is 0. The second-order valence-electron chi connectivity index (χ2n) is 15.2. The van der Waals surface area contributed by atoms with Crippen LogP contribution in [0.3, 0.4) is 0 Å². The van der Waals surface area contributed by atoms with E-state index in [1.54, 1.807) is 0 Å². The average Bonchev–Trinajstić information content (AvgIpc) is 3.21. The first-order valence-electron chi connectivity index (χ1n) is 18.0. The van der Waals surface area contributed by atoms with E-state index in [0.29, 0.717) is 6.54 Å². The van der Waals surface area contributed by atoms with Crippen molar-refractivity contribution in [2.45, 2.75) is 146 Å². The fourth-order valence-electron chi connectivity index (χ4n) is 5.71. The van der Waals surface area contributed by atoms with Crippen LogP contribution in [0.1, 0.15) is 26.3 Å². The number of hydrogen-bond donors (Lipinski definition) is 3. The van der Waals surface area contributed by atoms with E-state index in [0.717, 1.165) is 0 Å². The van der Waals surface area contributed by atoms with E-state index in [-0.39, 0.29) is 5.96 Å². The Hall–Kier alpha value is -3.44. The van der Waals surface area contributed by atoms with E-state index in [4.69, 9.17) is 11.5 Å². The van der Waals surface area contributed by atoms with Crippen LogP contribution >= 0.6 is 0 Å². The SMILES string of the molecule is C[CH]([Sn]([CH](C)C(F)(F)C(F)(F)C(F)(F)C(F)(F)C(F)(F)C(F)(F)F)[CH](C)C(F)(F)C(F)(F)C(F)(F)C(F)(F)C(F)(F)C(F)(F)F)C(F)(F)C(F)(F)C(F)(F)C(F)(F)C(F)(F)C(F)(F)F.NC(N)=[NH+]Cc1ccccc1. The standard InChI is InChI=1S/3C8H4F13.C8H11N3.Sn/c3*1-2-3(9,10)4(11,12)5(13,14)6(15,16)7(17,18)8(19,20)21;9-8(10)11-6-7-4-2-1-3-5-7;/h3*2H,1H3;1-5H,6H2,(H4,9,10,11);/p+1. The average molecular weight is 1310 g/mol. The normalized spacial score (nSPS) is 17.1. The molecule has 1 radical (unpaired) electrons. The zero-order chi connectivity index (χ0) is 61.4. The molecule has 0 aliphatic rings. The van der Waals surface area contributed by atoms with Crippen molar-refractivity contribution in [2.24, 2.45) is 11.5 Å². The monoisotopic (exact) mass is 1310 g/mol. The molecule has 0 aliphatic carbocycles. The van der Waals surface area contributed by atoms with E-state index in [1.807, 2.05) is 30.3 Å². The van der Waals surface area contributed by atoms with Crippen molar-refractivity contribution in [3.05, 3.63) is 35.9 Å². The first-order valence-corrected chi connectivity index (χ1v) is 23.0. The summed E-state index contributed by atoms with van der Waals surface area (Å²) in [6, 6.07) is 9.94. The zero-order valence-electron chi connectivity index (χ0n) is 35.2. The molecule has 0 bridgehead atoms. The van der Waals surface area contributed by atoms with E-state index in [9.17, 15) is 145 Å². The number of benzene rings is 1. The number of guanidine groups is 1. The van der Waals surface area contributed by atoms with Gasteiger partial charge in [0.2, 0.25) is 0 Å². The maximum atomic E-state index is 15.2.